The van der Waals surface area contributed by atoms with Gasteiger partial charge in [-0.15, -0.1) is 0 Å². The van der Waals surface area contributed by atoms with Crippen molar-refractivity contribution in [3.63, 3.8) is 0 Å². The van der Waals surface area contributed by atoms with Gasteiger partial charge in [-0.2, -0.15) is 0 Å². The lowest BCUT2D eigenvalue weighted by molar-refractivity contribution is -0.160. The van der Waals surface area contributed by atoms with Crippen molar-refractivity contribution in [1.29, 1.82) is 0 Å². The zero-order valence-electron chi connectivity index (χ0n) is 16.0. The van der Waals surface area contributed by atoms with Crippen LogP contribution in [0.3, 0.4) is 0 Å². The Balaban J connectivity index is 1.36. The van der Waals surface area contributed by atoms with Crippen molar-refractivity contribution in [2.45, 2.75) is 69.1 Å². The van der Waals surface area contributed by atoms with Crippen molar-refractivity contribution >= 4 is 16.8 Å². The van der Waals surface area contributed by atoms with Crippen LogP contribution >= 0.6 is 0 Å². The number of alkyl halides is 1. The van der Waals surface area contributed by atoms with Crippen LogP contribution in [0.5, 0.6) is 5.75 Å². The molecule has 1 aromatic heterocycles. The molecule has 1 N–H and O–H groups in total. The largest absolute Gasteiger partial charge is 0.497 e. The predicted molar refractivity (Wildman–Crippen MR) is 103 cm³/mol. The second-order valence-electron chi connectivity index (χ2n) is 8.97. The number of piperidine rings is 2. The van der Waals surface area contributed by atoms with E-state index in [0.29, 0.717) is 25.2 Å². The zero-order chi connectivity index (χ0) is 18.8. The number of carbonyl (C=O) groups excluding carboxylic acids is 1. The molecule has 2 aliphatic carbocycles. The fourth-order valence-corrected chi connectivity index (χ4v) is 6.07. The molecule has 4 nitrogen and oxygen atoms in total. The molecule has 0 spiro atoms. The Morgan fingerprint density at radius 1 is 1.33 bits per heavy atom. The number of amides is 1. The van der Waals surface area contributed by atoms with Gasteiger partial charge in [-0.3, -0.25) is 4.79 Å². The molecule has 1 aromatic carbocycles. The minimum Gasteiger partial charge on any atom is -0.497 e. The molecule has 5 heteroatoms. The second-order valence-corrected chi connectivity index (χ2v) is 8.97. The second kappa shape index (κ2) is 5.98. The van der Waals surface area contributed by atoms with Crippen LogP contribution in [0.2, 0.25) is 0 Å². The van der Waals surface area contributed by atoms with E-state index in [1.54, 1.807) is 7.11 Å². The zero-order valence-corrected chi connectivity index (χ0v) is 16.0. The number of halogens is 1. The number of aromatic amines is 1. The number of nitrogens with zero attached hydrogens (tertiary/aromatic N) is 1. The monoisotopic (exact) mass is 370 g/mol. The Bertz CT molecular complexity index is 876. The van der Waals surface area contributed by atoms with Gasteiger partial charge in [0.15, 0.2) is 0 Å². The first-order chi connectivity index (χ1) is 13.0. The van der Waals surface area contributed by atoms with E-state index in [0.717, 1.165) is 41.5 Å². The summed E-state index contributed by atoms with van der Waals surface area (Å²) in [6.07, 6.45) is 6.27. The van der Waals surface area contributed by atoms with Crippen molar-refractivity contribution in [2.75, 3.05) is 7.11 Å². The fourth-order valence-electron chi connectivity index (χ4n) is 6.07. The summed E-state index contributed by atoms with van der Waals surface area (Å²) in [6, 6.07) is 6.20. The molecule has 4 fully saturated rings. The van der Waals surface area contributed by atoms with Crippen LogP contribution in [-0.4, -0.2) is 40.7 Å². The first-order valence-electron chi connectivity index (χ1n) is 10.1. The number of aromatic nitrogens is 1. The maximum absolute atomic E-state index is 14.9. The lowest BCUT2D eigenvalue weighted by Gasteiger charge is -2.58. The van der Waals surface area contributed by atoms with E-state index < -0.39 is 5.67 Å². The van der Waals surface area contributed by atoms with E-state index in [2.05, 4.69) is 16.8 Å². The average Bonchev–Trinajstić information content (AvgIpc) is 3.02. The van der Waals surface area contributed by atoms with Crippen molar-refractivity contribution in [3.8, 4) is 5.75 Å². The van der Waals surface area contributed by atoms with Gasteiger partial charge in [-0.1, -0.05) is 6.92 Å². The molecule has 2 aliphatic heterocycles. The Kier molecular flexibility index (Phi) is 3.78. The highest BCUT2D eigenvalue weighted by Gasteiger charge is 2.56. The van der Waals surface area contributed by atoms with Crippen LogP contribution in [0.4, 0.5) is 4.39 Å². The van der Waals surface area contributed by atoms with Gasteiger partial charge in [0.05, 0.1) is 7.11 Å². The number of hydrogen-bond acceptors (Lipinski definition) is 2. The van der Waals surface area contributed by atoms with E-state index in [4.69, 9.17) is 4.74 Å². The molecule has 144 valence electrons. The first-order valence-corrected chi connectivity index (χ1v) is 10.1. The molecule has 6 rings (SSSR count). The van der Waals surface area contributed by atoms with Gasteiger partial charge < -0.3 is 14.6 Å². The number of ether oxygens (including phenoxy) is 1. The van der Waals surface area contributed by atoms with E-state index in [1.807, 2.05) is 24.4 Å². The van der Waals surface area contributed by atoms with Gasteiger partial charge in [0.1, 0.15) is 11.4 Å². The lowest BCUT2D eigenvalue weighted by atomic mass is 9.62. The van der Waals surface area contributed by atoms with Crippen molar-refractivity contribution < 1.29 is 13.9 Å². The molecule has 3 heterocycles. The summed E-state index contributed by atoms with van der Waals surface area (Å²) in [7, 11) is 1.66. The molecule has 2 aromatic rings. The van der Waals surface area contributed by atoms with E-state index in [1.165, 1.54) is 0 Å². The number of rotatable bonds is 4. The number of fused-ring (bicyclic) bond motifs is 1. The molecule has 0 radical (unpaired) electrons. The molecule has 4 aliphatic rings. The number of methoxy groups -OCH3 is 1. The molecular weight excluding hydrogens is 343 g/mol. The highest BCUT2D eigenvalue weighted by atomic mass is 19.1. The van der Waals surface area contributed by atoms with Crippen molar-refractivity contribution in [1.82, 2.24) is 9.88 Å². The van der Waals surface area contributed by atoms with Crippen LogP contribution in [0.25, 0.3) is 10.9 Å². The molecule has 27 heavy (non-hydrogen) atoms. The van der Waals surface area contributed by atoms with Gasteiger partial charge in [-0.05, 0) is 54.9 Å². The minimum absolute atomic E-state index is 0.106. The summed E-state index contributed by atoms with van der Waals surface area (Å²) in [5, 5.41) is 1.11. The van der Waals surface area contributed by atoms with Crippen molar-refractivity contribution in [3.05, 3.63) is 30.0 Å². The van der Waals surface area contributed by atoms with Gasteiger partial charge >= 0.3 is 0 Å². The van der Waals surface area contributed by atoms with Gasteiger partial charge in [0.25, 0.3) is 0 Å². The van der Waals surface area contributed by atoms with E-state index >= 15 is 0 Å². The van der Waals surface area contributed by atoms with Crippen LogP contribution in [0, 0.1) is 5.92 Å². The number of benzene rings is 1. The minimum atomic E-state index is -1.01. The fraction of sp³-hybridized carbons (Fsp3) is 0.591. The third kappa shape index (κ3) is 2.74. The number of H-pyrrole nitrogens is 1. The summed E-state index contributed by atoms with van der Waals surface area (Å²) < 4.78 is 20.3. The number of hydrogen-bond donors (Lipinski definition) is 1. The molecule has 4 bridgehead atoms. The number of carbonyl (C=O) groups is 1. The van der Waals surface area contributed by atoms with Crippen LogP contribution in [0.1, 0.15) is 56.9 Å². The Labute approximate surface area is 159 Å². The third-order valence-electron chi connectivity index (χ3n) is 7.08. The summed E-state index contributed by atoms with van der Waals surface area (Å²) >= 11 is 0. The lowest BCUT2D eigenvalue weighted by Crippen LogP contribution is -2.64. The highest BCUT2D eigenvalue weighted by Crippen LogP contribution is 2.53. The topological polar surface area (TPSA) is 45.3 Å². The Morgan fingerprint density at radius 3 is 2.74 bits per heavy atom. The average molecular weight is 370 g/mol. The molecular formula is C22H27FN2O2. The van der Waals surface area contributed by atoms with Gasteiger partial charge in [-0.25, -0.2) is 4.39 Å². The standard InChI is InChI=1S/C22H27FN2O2/c1-13(19-12-24-20-4-3-17(27-2)8-18(19)20)5-21(26)25-15-6-14-7-16(25)11-22(23,9-14)10-15/h3-4,8,12-16,24H,5-7,9-11H2,1-2H3. The number of nitrogens with one attached hydrogen (secondary N) is 1. The van der Waals surface area contributed by atoms with Gasteiger partial charge in [0.2, 0.25) is 5.91 Å². The maximum atomic E-state index is 14.9. The molecule has 3 unspecified atom stereocenters. The summed E-state index contributed by atoms with van der Waals surface area (Å²) in [5.41, 5.74) is 1.19. The van der Waals surface area contributed by atoms with Gasteiger partial charge in [0, 0.05) is 48.4 Å². The Morgan fingerprint density at radius 2 is 2.07 bits per heavy atom. The van der Waals surface area contributed by atoms with Crippen molar-refractivity contribution in [2.24, 2.45) is 5.92 Å². The van der Waals surface area contributed by atoms with Crippen LogP contribution in [-0.2, 0) is 4.79 Å². The normalized spacial score (nSPS) is 32.9. The predicted octanol–water partition coefficient (Wildman–Crippen LogP) is 4.55. The Hall–Kier alpha value is -2.04. The smallest absolute Gasteiger partial charge is 0.223 e. The molecule has 2 saturated carbocycles. The highest BCUT2D eigenvalue weighted by molar-refractivity contribution is 5.86. The molecule has 3 atom stereocenters. The van der Waals surface area contributed by atoms with E-state index in [-0.39, 0.29) is 23.9 Å². The maximum Gasteiger partial charge on any atom is 0.223 e. The van der Waals surface area contributed by atoms with Crippen LogP contribution in [0.15, 0.2) is 24.4 Å². The summed E-state index contributed by atoms with van der Waals surface area (Å²) in [4.78, 5) is 18.5. The third-order valence-corrected chi connectivity index (χ3v) is 7.08. The SMILES string of the molecule is COc1ccc2[nH]cc(C(C)CC(=O)N3C4CC5CC3CC(F)(C5)C4)c2c1. The summed E-state index contributed by atoms with van der Waals surface area (Å²) in [5.74, 6) is 1.60. The molecule has 2 saturated heterocycles. The molecule has 1 amide bonds. The van der Waals surface area contributed by atoms with Crippen LogP contribution < -0.4 is 4.74 Å². The quantitative estimate of drug-likeness (QED) is 0.858. The first kappa shape index (κ1) is 17.1. The summed E-state index contributed by atoms with van der Waals surface area (Å²) in [6.45, 7) is 2.10. The van der Waals surface area contributed by atoms with E-state index in [9.17, 15) is 9.18 Å².